The third kappa shape index (κ3) is 4.79. The molecule has 1 saturated heterocycles. The molecule has 8 nitrogen and oxygen atoms in total. The molecule has 0 saturated carbocycles. The standard InChI is InChI=1S/C19H22N4O4S/c1-3-16(18(24)21-13-4-5-15(19(25)26)20-11-13)28-17-10-12(2)22-23(17)14-6-8-27-9-7-14/h3-5,10-11,14H,6-9H2,1-2H3,(H,21,24)(H,25,26)/b16-3-. The maximum atomic E-state index is 12.7. The number of ether oxygens (including phenoxy) is 1. The predicted molar refractivity (Wildman–Crippen MR) is 105 cm³/mol. The third-order valence-electron chi connectivity index (χ3n) is 4.30. The minimum Gasteiger partial charge on any atom is -0.477 e. The zero-order valence-electron chi connectivity index (χ0n) is 15.7. The Morgan fingerprint density at radius 3 is 2.71 bits per heavy atom. The summed E-state index contributed by atoms with van der Waals surface area (Å²) in [6.45, 7) is 5.16. The molecule has 0 aliphatic carbocycles. The Balaban J connectivity index is 1.72. The highest BCUT2D eigenvalue weighted by Crippen LogP contribution is 2.32. The zero-order valence-corrected chi connectivity index (χ0v) is 16.5. The topological polar surface area (TPSA) is 106 Å². The van der Waals surface area contributed by atoms with Crippen molar-refractivity contribution in [3.05, 3.63) is 46.8 Å². The number of carboxylic acid groups (broad SMARTS) is 1. The van der Waals surface area contributed by atoms with Gasteiger partial charge in [-0.1, -0.05) is 17.8 Å². The van der Waals surface area contributed by atoms with Crippen molar-refractivity contribution in [2.75, 3.05) is 18.5 Å². The molecule has 1 aliphatic heterocycles. The highest BCUT2D eigenvalue weighted by molar-refractivity contribution is 8.04. The summed E-state index contributed by atoms with van der Waals surface area (Å²) >= 11 is 1.36. The molecule has 0 atom stereocenters. The molecule has 2 N–H and O–H groups in total. The van der Waals surface area contributed by atoms with E-state index < -0.39 is 5.97 Å². The molecule has 9 heteroatoms. The molecule has 0 radical (unpaired) electrons. The van der Waals surface area contributed by atoms with Gasteiger partial charge in [-0.15, -0.1) is 0 Å². The van der Waals surface area contributed by atoms with E-state index in [0.29, 0.717) is 23.8 Å². The fourth-order valence-corrected chi connectivity index (χ4v) is 3.90. The smallest absolute Gasteiger partial charge is 0.354 e. The first-order chi connectivity index (χ1) is 13.5. The number of hydrogen-bond donors (Lipinski definition) is 2. The van der Waals surface area contributed by atoms with Crippen LogP contribution in [0.25, 0.3) is 0 Å². The number of rotatable bonds is 6. The first kappa shape index (κ1) is 20.1. The van der Waals surface area contributed by atoms with Crippen LogP contribution in [0.2, 0.25) is 0 Å². The molecule has 1 fully saturated rings. The van der Waals surface area contributed by atoms with Crippen LogP contribution < -0.4 is 5.32 Å². The fourth-order valence-electron chi connectivity index (χ4n) is 2.90. The van der Waals surface area contributed by atoms with Crippen LogP contribution in [0.1, 0.15) is 42.0 Å². The summed E-state index contributed by atoms with van der Waals surface area (Å²) in [5.74, 6) is -1.39. The van der Waals surface area contributed by atoms with Crippen molar-refractivity contribution in [1.82, 2.24) is 14.8 Å². The van der Waals surface area contributed by atoms with E-state index >= 15 is 0 Å². The number of nitrogens with zero attached hydrogens (tertiary/aromatic N) is 3. The van der Waals surface area contributed by atoms with Crippen LogP contribution in [0.5, 0.6) is 0 Å². The van der Waals surface area contributed by atoms with Gasteiger partial charge < -0.3 is 15.2 Å². The Morgan fingerprint density at radius 2 is 2.11 bits per heavy atom. The van der Waals surface area contributed by atoms with E-state index in [9.17, 15) is 9.59 Å². The molecule has 0 aromatic carbocycles. The fraction of sp³-hybridized carbons (Fsp3) is 0.368. The van der Waals surface area contributed by atoms with Crippen molar-refractivity contribution >= 4 is 29.3 Å². The van der Waals surface area contributed by atoms with Gasteiger partial charge in [0.2, 0.25) is 0 Å². The van der Waals surface area contributed by atoms with E-state index in [4.69, 9.17) is 9.84 Å². The molecule has 2 aromatic heterocycles. The van der Waals surface area contributed by atoms with Crippen LogP contribution in [-0.2, 0) is 9.53 Å². The second-order valence-electron chi connectivity index (χ2n) is 6.36. The van der Waals surface area contributed by atoms with Crippen LogP contribution in [0.3, 0.4) is 0 Å². The summed E-state index contributed by atoms with van der Waals surface area (Å²) in [5.41, 5.74) is 1.26. The number of pyridine rings is 1. The van der Waals surface area contributed by atoms with Gasteiger partial charge in [-0.25, -0.2) is 9.78 Å². The van der Waals surface area contributed by atoms with Gasteiger partial charge in [-0.05, 0) is 44.9 Å². The van der Waals surface area contributed by atoms with E-state index in [0.717, 1.165) is 23.6 Å². The molecule has 2 aromatic rings. The summed E-state index contributed by atoms with van der Waals surface area (Å²) in [5, 5.41) is 17.2. The molecule has 0 bridgehead atoms. The van der Waals surface area contributed by atoms with E-state index in [2.05, 4.69) is 15.4 Å². The van der Waals surface area contributed by atoms with Crippen molar-refractivity contribution in [2.24, 2.45) is 0 Å². The molecular formula is C19H22N4O4S. The summed E-state index contributed by atoms with van der Waals surface area (Å²) in [6, 6.07) is 5.10. The minimum atomic E-state index is -1.11. The Morgan fingerprint density at radius 1 is 1.36 bits per heavy atom. The lowest BCUT2D eigenvalue weighted by molar-refractivity contribution is -0.112. The van der Waals surface area contributed by atoms with Crippen LogP contribution in [0.15, 0.2) is 40.4 Å². The quantitative estimate of drug-likeness (QED) is 0.564. The molecule has 0 unspecified atom stereocenters. The molecule has 3 heterocycles. The highest BCUT2D eigenvalue weighted by atomic mass is 32.2. The average Bonchev–Trinajstić information content (AvgIpc) is 3.07. The van der Waals surface area contributed by atoms with E-state index in [-0.39, 0.29) is 17.6 Å². The van der Waals surface area contributed by atoms with Crippen LogP contribution in [-0.4, -0.2) is 45.0 Å². The van der Waals surface area contributed by atoms with Crippen molar-refractivity contribution < 1.29 is 19.4 Å². The molecular weight excluding hydrogens is 380 g/mol. The van der Waals surface area contributed by atoms with E-state index in [1.165, 1.54) is 30.1 Å². The van der Waals surface area contributed by atoms with Gasteiger partial charge in [-0.3, -0.25) is 9.48 Å². The molecule has 0 spiro atoms. The second-order valence-corrected chi connectivity index (χ2v) is 7.42. The maximum absolute atomic E-state index is 12.7. The normalized spacial score (nSPS) is 15.4. The third-order valence-corrected chi connectivity index (χ3v) is 5.46. The van der Waals surface area contributed by atoms with Crippen molar-refractivity contribution in [2.45, 2.75) is 37.8 Å². The average molecular weight is 402 g/mol. The number of carbonyl (C=O) groups is 2. The number of amides is 1. The number of anilines is 1. The Labute approximate surface area is 167 Å². The Hall–Kier alpha value is -2.65. The number of thioether (sulfide) groups is 1. The van der Waals surface area contributed by atoms with Crippen molar-refractivity contribution in [3.8, 4) is 0 Å². The van der Waals surface area contributed by atoms with Crippen LogP contribution >= 0.6 is 11.8 Å². The Kier molecular flexibility index (Phi) is 6.48. The van der Waals surface area contributed by atoms with Gasteiger partial charge in [0.1, 0.15) is 5.69 Å². The first-order valence-electron chi connectivity index (χ1n) is 8.96. The molecule has 3 rings (SSSR count). The number of allylic oxidation sites excluding steroid dienone is 1. The first-order valence-corrected chi connectivity index (χ1v) is 9.78. The second kappa shape index (κ2) is 9.03. The van der Waals surface area contributed by atoms with Gasteiger partial charge in [-0.2, -0.15) is 5.10 Å². The van der Waals surface area contributed by atoms with Crippen LogP contribution in [0.4, 0.5) is 5.69 Å². The SMILES string of the molecule is C/C=C(\Sc1cc(C)nn1C1CCOCC1)C(=O)Nc1ccc(C(=O)O)nc1. The number of aryl methyl sites for hydroxylation is 1. The van der Waals surface area contributed by atoms with E-state index in [1.54, 1.807) is 13.0 Å². The number of carbonyl (C=O) groups excluding carboxylic acids is 1. The van der Waals surface area contributed by atoms with Gasteiger partial charge in [0.25, 0.3) is 5.91 Å². The van der Waals surface area contributed by atoms with Gasteiger partial charge in [0.05, 0.1) is 33.6 Å². The van der Waals surface area contributed by atoms with Crippen molar-refractivity contribution in [1.29, 1.82) is 0 Å². The van der Waals surface area contributed by atoms with E-state index in [1.807, 2.05) is 17.7 Å². The van der Waals surface area contributed by atoms with Gasteiger partial charge in [0, 0.05) is 13.2 Å². The summed E-state index contributed by atoms with van der Waals surface area (Å²) in [7, 11) is 0. The summed E-state index contributed by atoms with van der Waals surface area (Å²) in [6.07, 6.45) is 4.87. The van der Waals surface area contributed by atoms with Gasteiger partial charge in [0.15, 0.2) is 0 Å². The number of aromatic nitrogens is 3. The maximum Gasteiger partial charge on any atom is 0.354 e. The number of nitrogens with one attached hydrogen (secondary N) is 1. The lowest BCUT2D eigenvalue weighted by Gasteiger charge is -2.24. The zero-order chi connectivity index (χ0) is 20.1. The molecule has 1 aliphatic rings. The molecule has 1 amide bonds. The molecule has 148 valence electrons. The lowest BCUT2D eigenvalue weighted by Crippen LogP contribution is -2.21. The summed E-state index contributed by atoms with van der Waals surface area (Å²) in [4.78, 5) is 27.9. The highest BCUT2D eigenvalue weighted by Gasteiger charge is 2.22. The minimum absolute atomic E-state index is 0.0746. The lowest BCUT2D eigenvalue weighted by atomic mass is 10.1. The number of hydrogen-bond acceptors (Lipinski definition) is 6. The van der Waals surface area contributed by atoms with Crippen LogP contribution in [0, 0.1) is 6.92 Å². The monoisotopic (exact) mass is 402 g/mol. The predicted octanol–water partition coefficient (Wildman–Crippen LogP) is 3.27. The number of aromatic carboxylic acids is 1. The number of carboxylic acids is 1. The Bertz CT molecular complexity index is 886. The molecule has 28 heavy (non-hydrogen) atoms. The summed E-state index contributed by atoms with van der Waals surface area (Å²) < 4.78 is 7.42. The van der Waals surface area contributed by atoms with Gasteiger partial charge >= 0.3 is 5.97 Å². The largest absolute Gasteiger partial charge is 0.477 e. The van der Waals surface area contributed by atoms with Crippen molar-refractivity contribution in [3.63, 3.8) is 0 Å².